The maximum atomic E-state index is 6.85. The lowest BCUT2D eigenvalue weighted by Gasteiger charge is -2.45. The standard InChI is InChI=1S/C42H43ClO5/c1-3-44-37-22-19-31(20-23-37)25-36-26-35(21-24-38(36)43)40-42(47-29-34-17-11-6-12-18-34)41(46-28-33-15-9-5-10-16-33)39(30(2)48-40)45-27-32-13-7-4-8-14-32/h4-24,26,30,39-42H,3,25,27-29H2,1-2H3/t30-,39-,40+,41+,42+/m1/s1. The van der Waals surface area contributed by atoms with Gasteiger partial charge in [0.25, 0.3) is 0 Å². The number of hydrogen-bond acceptors (Lipinski definition) is 5. The molecule has 0 radical (unpaired) electrons. The molecule has 5 aromatic rings. The highest BCUT2D eigenvalue weighted by Crippen LogP contribution is 2.39. The van der Waals surface area contributed by atoms with Crippen LogP contribution in [0.2, 0.25) is 5.02 Å². The van der Waals surface area contributed by atoms with E-state index in [-0.39, 0.29) is 12.2 Å². The van der Waals surface area contributed by atoms with E-state index >= 15 is 0 Å². The Bertz CT molecular complexity index is 1680. The summed E-state index contributed by atoms with van der Waals surface area (Å²) in [6.45, 7) is 5.95. The summed E-state index contributed by atoms with van der Waals surface area (Å²) in [5.41, 5.74) is 6.39. The lowest BCUT2D eigenvalue weighted by molar-refractivity contribution is -0.263. The largest absolute Gasteiger partial charge is 0.494 e. The van der Waals surface area contributed by atoms with Gasteiger partial charge in [0.2, 0.25) is 0 Å². The Morgan fingerprint density at radius 1 is 0.583 bits per heavy atom. The Hall–Kier alpha value is -3.97. The van der Waals surface area contributed by atoms with Crippen LogP contribution in [0.1, 0.15) is 53.3 Å². The zero-order chi connectivity index (χ0) is 33.1. The van der Waals surface area contributed by atoms with Gasteiger partial charge in [-0.15, -0.1) is 0 Å². The average Bonchev–Trinajstić information content (AvgIpc) is 3.12. The SMILES string of the molecule is CCOc1ccc(Cc2cc([C@@H]3O[C@H](C)[C@@H](OCc4ccccc4)[C@H](OCc4ccccc4)[C@H]3OCc3ccccc3)ccc2Cl)cc1. The Kier molecular flexibility index (Phi) is 12.0. The first kappa shape index (κ1) is 33.9. The molecule has 1 fully saturated rings. The van der Waals surface area contributed by atoms with Crippen molar-refractivity contribution in [3.63, 3.8) is 0 Å². The minimum atomic E-state index is -0.467. The minimum absolute atomic E-state index is 0.277. The number of hydrogen-bond donors (Lipinski definition) is 0. The number of rotatable bonds is 14. The maximum Gasteiger partial charge on any atom is 0.119 e. The highest BCUT2D eigenvalue weighted by molar-refractivity contribution is 6.31. The molecule has 0 aliphatic carbocycles. The normalized spacial score (nSPS) is 20.8. The fourth-order valence-corrected chi connectivity index (χ4v) is 6.36. The number of ether oxygens (including phenoxy) is 5. The molecular weight excluding hydrogens is 620 g/mol. The molecule has 5 nitrogen and oxygen atoms in total. The van der Waals surface area contributed by atoms with Gasteiger partial charge < -0.3 is 23.7 Å². The topological polar surface area (TPSA) is 46.2 Å². The predicted molar refractivity (Wildman–Crippen MR) is 190 cm³/mol. The van der Waals surface area contributed by atoms with Crippen molar-refractivity contribution in [2.45, 2.75) is 70.6 Å². The van der Waals surface area contributed by atoms with Gasteiger partial charge in [-0.2, -0.15) is 0 Å². The summed E-state index contributed by atoms with van der Waals surface area (Å²) in [7, 11) is 0. The van der Waals surface area contributed by atoms with E-state index in [1.807, 2.05) is 85.8 Å². The van der Waals surface area contributed by atoms with Gasteiger partial charge in [-0.3, -0.25) is 0 Å². The van der Waals surface area contributed by atoms with Crippen molar-refractivity contribution >= 4 is 11.6 Å². The first-order chi connectivity index (χ1) is 23.6. The van der Waals surface area contributed by atoms with E-state index in [4.69, 9.17) is 35.3 Å². The molecular formula is C42H43ClO5. The lowest BCUT2D eigenvalue weighted by atomic mass is 9.89. The zero-order valence-electron chi connectivity index (χ0n) is 27.5. The second kappa shape index (κ2) is 16.9. The summed E-state index contributed by atoms with van der Waals surface area (Å²) < 4.78 is 32.8. The Labute approximate surface area is 289 Å². The van der Waals surface area contributed by atoms with Gasteiger partial charge in [0, 0.05) is 5.02 Å². The number of benzene rings is 5. The highest BCUT2D eigenvalue weighted by atomic mass is 35.5. The molecule has 5 aromatic carbocycles. The lowest BCUT2D eigenvalue weighted by Crippen LogP contribution is -2.56. The van der Waals surface area contributed by atoms with Crippen LogP contribution in [0.25, 0.3) is 0 Å². The number of halogens is 1. The Morgan fingerprint density at radius 3 is 1.65 bits per heavy atom. The van der Waals surface area contributed by atoms with Crippen molar-refractivity contribution in [2.24, 2.45) is 0 Å². The summed E-state index contributed by atoms with van der Waals surface area (Å²) in [6.07, 6.45) is -1.28. The molecule has 0 amide bonds. The van der Waals surface area contributed by atoms with Crippen molar-refractivity contribution in [3.8, 4) is 5.75 Å². The zero-order valence-corrected chi connectivity index (χ0v) is 28.3. The monoisotopic (exact) mass is 662 g/mol. The van der Waals surface area contributed by atoms with Crippen LogP contribution in [0, 0.1) is 0 Å². The molecule has 1 saturated heterocycles. The summed E-state index contributed by atoms with van der Waals surface area (Å²) in [6, 6.07) is 44.9. The summed E-state index contributed by atoms with van der Waals surface area (Å²) in [5, 5.41) is 0.708. The molecule has 5 atom stereocenters. The fraction of sp³-hybridized carbons (Fsp3) is 0.286. The maximum absolute atomic E-state index is 6.85. The van der Waals surface area contributed by atoms with Crippen LogP contribution in [-0.4, -0.2) is 31.0 Å². The summed E-state index contributed by atoms with van der Waals surface area (Å²) in [5.74, 6) is 0.856. The van der Waals surface area contributed by atoms with Crippen molar-refractivity contribution in [2.75, 3.05) is 6.61 Å². The quantitative estimate of drug-likeness (QED) is 0.119. The molecule has 0 unspecified atom stereocenters. The highest BCUT2D eigenvalue weighted by Gasteiger charge is 2.47. The molecule has 1 heterocycles. The van der Waals surface area contributed by atoms with E-state index < -0.39 is 18.3 Å². The van der Waals surface area contributed by atoms with Gasteiger partial charge in [-0.25, -0.2) is 0 Å². The molecule has 0 N–H and O–H groups in total. The van der Waals surface area contributed by atoms with E-state index in [1.54, 1.807) is 0 Å². The Morgan fingerprint density at radius 2 is 1.10 bits per heavy atom. The molecule has 0 saturated carbocycles. The molecule has 0 bridgehead atoms. The summed E-state index contributed by atoms with van der Waals surface area (Å²) in [4.78, 5) is 0. The van der Waals surface area contributed by atoms with E-state index in [1.165, 1.54) is 0 Å². The molecule has 0 aromatic heterocycles. The van der Waals surface area contributed by atoms with Crippen LogP contribution >= 0.6 is 11.6 Å². The summed E-state index contributed by atoms with van der Waals surface area (Å²) >= 11 is 6.80. The molecule has 248 valence electrons. The third-order valence-electron chi connectivity index (χ3n) is 8.65. The van der Waals surface area contributed by atoms with Crippen LogP contribution in [0.3, 0.4) is 0 Å². The third-order valence-corrected chi connectivity index (χ3v) is 9.02. The van der Waals surface area contributed by atoms with Gasteiger partial charge in [-0.05, 0) is 71.8 Å². The van der Waals surface area contributed by atoms with E-state index in [0.29, 0.717) is 37.9 Å². The second-order valence-electron chi connectivity index (χ2n) is 12.2. The van der Waals surface area contributed by atoms with E-state index in [0.717, 1.165) is 39.1 Å². The Balaban J connectivity index is 1.32. The molecule has 6 rings (SSSR count). The van der Waals surface area contributed by atoms with Crippen LogP contribution in [0.15, 0.2) is 133 Å². The van der Waals surface area contributed by atoms with Gasteiger partial charge >= 0.3 is 0 Å². The van der Waals surface area contributed by atoms with Gasteiger partial charge in [-0.1, -0.05) is 127 Å². The molecule has 0 spiro atoms. The van der Waals surface area contributed by atoms with Crippen molar-refractivity contribution in [1.29, 1.82) is 0 Å². The fourth-order valence-electron chi connectivity index (χ4n) is 6.18. The van der Waals surface area contributed by atoms with Crippen molar-refractivity contribution in [1.82, 2.24) is 0 Å². The van der Waals surface area contributed by atoms with Crippen LogP contribution in [0.5, 0.6) is 5.75 Å². The van der Waals surface area contributed by atoms with Crippen molar-refractivity contribution in [3.05, 3.63) is 172 Å². The second-order valence-corrected chi connectivity index (χ2v) is 12.6. The van der Waals surface area contributed by atoms with Crippen LogP contribution in [-0.2, 0) is 45.2 Å². The van der Waals surface area contributed by atoms with Gasteiger partial charge in [0.1, 0.15) is 30.2 Å². The predicted octanol–water partition coefficient (Wildman–Crippen LogP) is 9.55. The minimum Gasteiger partial charge on any atom is -0.494 e. The third kappa shape index (κ3) is 8.93. The van der Waals surface area contributed by atoms with E-state index in [9.17, 15) is 0 Å². The van der Waals surface area contributed by atoms with Crippen LogP contribution < -0.4 is 4.74 Å². The van der Waals surface area contributed by atoms with E-state index in [2.05, 4.69) is 61.5 Å². The first-order valence-corrected chi connectivity index (χ1v) is 17.1. The van der Waals surface area contributed by atoms with Crippen LogP contribution in [0.4, 0.5) is 0 Å². The molecule has 6 heteroatoms. The first-order valence-electron chi connectivity index (χ1n) is 16.7. The van der Waals surface area contributed by atoms with Gasteiger partial charge in [0.15, 0.2) is 0 Å². The molecule has 1 aliphatic rings. The molecule has 1 aliphatic heterocycles. The average molecular weight is 663 g/mol. The van der Waals surface area contributed by atoms with Crippen molar-refractivity contribution < 1.29 is 23.7 Å². The van der Waals surface area contributed by atoms with Gasteiger partial charge in [0.05, 0.1) is 32.5 Å². The molecule has 48 heavy (non-hydrogen) atoms. The smallest absolute Gasteiger partial charge is 0.119 e.